The van der Waals surface area contributed by atoms with Crippen molar-refractivity contribution in [3.63, 3.8) is 0 Å². The number of ether oxygens (including phenoxy) is 1. The van der Waals surface area contributed by atoms with Crippen LogP contribution in [0.3, 0.4) is 0 Å². The van der Waals surface area contributed by atoms with Gasteiger partial charge in [-0.2, -0.15) is 0 Å². The molecular formula is C22H23F4N3O3. The number of hydrogen-bond acceptors (Lipinski definition) is 4. The second-order valence-electron chi connectivity index (χ2n) is 7.41. The van der Waals surface area contributed by atoms with E-state index in [1.54, 1.807) is 17.0 Å². The summed E-state index contributed by atoms with van der Waals surface area (Å²) < 4.78 is 53.6. The Hall–Kier alpha value is -3.14. The van der Waals surface area contributed by atoms with Crippen LogP contribution in [0, 0.1) is 5.82 Å². The largest absolute Gasteiger partial charge is 0.573 e. The van der Waals surface area contributed by atoms with Crippen molar-refractivity contribution < 1.29 is 31.9 Å². The zero-order valence-corrected chi connectivity index (χ0v) is 17.2. The van der Waals surface area contributed by atoms with Crippen LogP contribution in [0.2, 0.25) is 0 Å². The highest BCUT2D eigenvalue weighted by molar-refractivity contribution is 5.92. The summed E-state index contributed by atoms with van der Waals surface area (Å²) in [5.74, 6) is -1.01. The molecular weight excluding hydrogens is 430 g/mol. The van der Waals surface area contributed by atoms with E-state index in [-0.39, 0.29) is 36.3 Å². The van der Waals surface area contributed by atoms with Gasteiger partial charge in [-0.15, -0.1) is 13.2 Å². The first kappa shape index (κ1) is 23.5. The van der Waals surface area contributed by atoms with Gasteiger partial charge in [-0.05, 0) is 48.4 Å². The van der Waals surface area contributed by atoms with Gasteiger partial charge in [-0.1, -0.05) is 12.1 Å². The van der Waals surface area contributed by atoms with Crippen LogP contribution in [-0.2, 0) is 16.0 Å². The zero-order valence-electron chi connectivity index (χ0n) is 17.2. The number of halogens is 4. The predicted octanol–water partition coefficient (Wildman–Crippen LogP) is 3.44. The summed E-state index contributed by atoms with van der Waals surface area (Å²) in [6.45, 7) is 2.12. The van der Waals surface area contributed by atoms with Crippen molar-refractivity contribution in [1.29, 1.82) is 0 Å². The van der Waals surface area contributed by atoms with E-state index in [1.165, 1.54) is 24.3 Å². The van der Waals surface area contributed by atoms with E-state index >= 15 is 0 Å². The molecule has 6 nitrogen and oxygen atoms in total. The third kappa shape index (κ3) is 7.52. The van der Waals surface area contributed by atoms with Crippen molar-refractivity contribution in [2.24, 2.45) is 0 Å². The molecule has 10 heteroatoms. The van der Waals surface area contributed by atoms with Gasteiger partial charge in [0, 0.05) is 38.3 Å². The molecule has 1 heterocycles. The average Bonchev–Trinajstić information content (AvgIpc) is 2.73. The van der Waals surface area contributed by atoms with E-state index in [0.29, 0.717) is 38.3 Å². The van der Waals surface area contributed by atoms with Crippen LogP contribution in [-0.4, -0.2) is 60.7 Å². The van der Waals surface area contributed by atoms with Gasteiger partial charge in [0.1, 0.15) is 11.6 Å². The maximum atomic E-state index is 13.2. The van der Waals surface area contributed by atoms with Crippen LogP contribution < -0.4 is 10.1 Å². The Morgan fingerprint density at radius 3 is 2.31 bits per heavy atom. The summed E-state index contributed by atoms with van der Waals surface area (Å²) in [6, 6.07) is 11.1. The molecule has 0 aromatic heterocycles. The lowest BCUT2D eigenvalue weighted by atomic mass is 10.1. The number of piperazine rings is 1. The molecule has 0 aliphatic carbocycles. The number of anilines is 1. The van der Waals surface area contributed by atoms with Crippen LogP contribution in [0.4, 0.5) is 23.2 Å². The van der Waals surface area contributed by atoms with Gasteiger partial charge >= 0.3 is 6.36 Å². The highest BCUT2D eigenvalue weighted by Crippen LogP contribution is 2.24. The molecule has 2 aromatic carbocycles. The quantitative estimate of drug-likeness (QED) is 0.653. The fraction of sp³-hybridized carbons (Fsp3) is 0.364. The molecule has 2 amide bonds. The lowest BCUT2D eigenvalue weighted by molar-refractivity contribution is -0.274. The Balaban J connectivity index is 1.38. The number of alkyl halides is 3. The van der Waals surface area contributed by atoms with Crippen LogP contribution in [0.1, 0.15) is 12.0 Å². The van der Waals surface area contributed by atoms with E-state index in [9.17, 15) is 27.2 Å². The number of carbonyl (C=O) groups excluding carboxylic acids is 2. The smallest absolute Gasteiger partial charge is 0.406 e. The average molecular weight is 453 g/mol. The van der Waals surface area contributed by atoms with Crippen LogP contribution in [0.5, 0.6) is 5.75 Å². The monoisotopic (exact) mass is 453 g/mol. The third-order valence-electron chi connectivity index (χ3n) is 4.98. The fourth-order valence-electron chi connectivity index (χ4n) is 3.40. The Bertz CT molecular complexity index is 927. The third-order valence-corrected chi connectivity index (χ3v) is 4.98. The number of benzene rings is 2. The second-order valence-corrected chi connectivity index (χ2v) is 7.41. The summed E-state index contributed by atoms with van der Waals surface area (Å²) >= 11 is 0. The molecule has 1 fully saturated rings. The van der Waals surface area contributed by atoms with E-state index in [4.69, 9.17) is 0 Å². The van der Waals surface area contributed by atoms with Gasteiger partial charge in [0.15, 0.2) is 0 Å². The van der Waals surface area contributed by atoms with Gasteiger partial charge in [0.05, 0.1) is 6.54 Å². The van der Waals surface area contributed by atoms with Gasteiger partial charge in [-0.3, -0.25) is 14.5 Å². The van der Waals surface area contributed by atoms with Crippen LogP contribution in [0.25, 0.3) is 0 Å². The van der Waals surface area contributed by atoms with Gasteiger partial charge < -0.3 is 15.0 Å². The summed E-state index contributed by atoms with van der Waals surface area (Å²) in [7, 11) is 0. The highest BCUT2D eigenvalue weighted by atomic mass is 19.4. The zero-order chi connectivity index (χ0) is 23.1. The first-order valence-corrected chi connectivity index (χ1v) is 10.1. The summed E-state index contributed by atoms with van der Waals surface area (Å²) in [6.07, 6.45) is -4.02. The molecule has 1 saturated heterocycles. The van der Waals surface area contributed by atoms with Gasteiger partial charge in [0.25, 0.3) is 0 Å². The highest BCUT2D eigenvalue weighted by Gasteiger charge is 2.31. The predicted molar refractivity (Wildman–Crippen MR) is 109 cm³/mol. The topological polar surface area (TPSA) is 61.9 Å². The van der Waals surface area contributed by atoms with E-state index in [1.807, 2.05) is 4.90 Å². The fourth-order valence-corrected chi connectivity index (χ4v) is 3.40. The SMILES string of the molecule is O=C(CN1CCN(C(=O)CCc2cccc(F)c2)CC1)Nc1ccc(OC(F)(F)F)cc1. The van der Waals surface area contributed by atoms with E-state index in [2.05, 4.69) is 10.1 Å². The van der Waals surface area contributed by atoms with Gasteiger partial charge in [-0.25, -0.2) is 4.39 Å². The molecule has 32 heavy (non-hydrogen) atoms. The van der Waals surface area contributed by atoms with Crippen molar-refractivity contribution in [1.82, 2.24) is 9.80 Å². The minimum absolute atomic E-state index is 0.0143. The minimum Gasteiger partial charge on any atom is -0.406 e. The maximum absolute atomic E-state index is 13.2. The standard InChI is InChI=1S/C22H23F4N3O3/c23-17-3-1-2-16(14-17)4-9-21(31)29-12-10-28(11-13-29)15-20(30)27-18-5-7-19(8-6-18)32-22(24,25)26/h1-3,5-8,14H,4,9-13,15H2,(H,27,30). The Morgan fingerprint density at radius 2 is 1.69 bits per heavy atom. The molecule has 1 N–H and O–H groups in total. The number of rotatable bonds is 7. The van der Waals surface area contributed by atoms with E-state index in [0.717, 1.165) is 17.7 Å². The van der Waals surface area contributed by atoms with Crippen molar-refractivity contribution in [3.05, 3.63) is 59.9 Å². The summed E-state index contributed by atoms with van der Waals surface area (Å²) in [5, 5.41) is 2.63. The first-order valence-electron chi connectivity index (χ1n) is 10.1. The number of carbonyl (C=O) groups is 2. The minimum atomic E-state index is -4.77. The number of aryl methyl sites for hydroxylation is 1. The Kier molecular flexibility index (Phi) is 7.68. The van der Waals surface area contributed by atoms with Crippen LogP contribution in [0.15, 0.2) is 48.5 Å². The Morgan fingerprint density at radius 1 is 1.00 bits per heavy atom. The lowest BCUT2D eigenvalue weighted by Crippen LogP contribution is -2.50. The molecule has 0 atom stereocenters. The molecule has 2 aromatic rings. The molecule has 3 rings (SSSR count). The molecule has 0 spiro atoms. The van der Waals surface area contributed by atoms with Crippen LogP contribution >= 0.6 is 0 Å². The number of nitrogens with one attached hydrogen (secondary N) is 1. The first-order chi connectivity index (χ1) is 15.2. The number of amides is 2. The molecule has 0 unspecified atom stereocenters. The molecule has 1 aliphatic heterocycles. The lowest BCUT2D eigenvalue weighted by Gasteiger charge is -2.34. The number of nitrogens with zero attached hydrogens (tertiary/aromatic N) is 2. The van der Waals surface area contributed by atoms with Crippen molar-refractivity contribution in [2.75, 3.05) is 38.0 Å². The second kappa shape index (κ2) is 10.4. The molecule has 0 bridgehead atoms. The molecule has 1 aliphatic rings. The van der Waals surface area contributed by atoms with Gasteiger partial charge in [0.2, 0.25) is 11.8 Å². The molecule has 172 valence electrons. The van der Waals surface area contributed by atoms with Crippen molar-refractivity contribution in [3.8, 4) is 5.75 Å². The summed E-state index contributed by atoms with van der Waals surface area (Å²) in [5.41, 5.74) is 1.13. The van der Waals surface area contributed by atoms with Crippen molar-refractivity contribution >= 4 is 17.5 Å². The Labute approximate surface area is 182 Å². The molecule has 0 radical (unpaired) electrons. The van der Waals surface area contributed by atoms with Crippen molar-refractivity contribution in [2.45, 2.75) is 19.2 Å². The number of hydrogen-bond donors (Lipinski definition) is 1. The van der Waals surface area contributed by atoms with E-state index < -0.39 is 6.36 Å². The normalized spacial score (nSPS) is 14.8. The molecule has 0 saturated carbocycles. The summed E-state index contributed by atoms with van der Waals surface area (Å²) in [4.78, 5) is 28.2. The maximum Gasteiger partial charge on any atom is 0.573 e.